The van der Waals surface area contributed by atoms with Gasteiger partial charge in [0.25, 0.3) is 0 Å². The summed E-state index contributed by atoms with van der Waals surface area (Å²) in [7, 11) is 0. The lowest BCUT2D eigenvalue weighted by Gasteiger charge is -2.27. The Balaban J connectivity index is 2.88. The molecule has 0 heterocycles. The molecule has 0 aliphatic carbocycles. The number of rotatable bonds is 9. The van der Waals surface area contributed by atoms with Gasteiger partial charge in [-0.25, -0.2) is 0 Å². The van der Waals surface area contributed by atoms with E-state index in [0.29, 0.717) is 0 Å². The fraction of sp³-hybridized carbons (Fsp3) is 0.625. The van der Waals surface area contributed by atoms with Crippen LogP contribution in [0.4, 0.5) is 5.69 Å². The van der Waals surface area contributed by atoms with E-state index in [1.54, 1.807) is 0 Å². The minimum Gasteiger partial charge on any atom is -0.370 e. The first-order valence-electron chi connectivity index (χ1n) is 7.47. The molecule has 0 saturated heterocycles. The SMILES string of the molecule is CCCCN(CC)c1c(Cl)cccc1CNCCC. The van der Waals surface area contributed by atoms with Crippen LogP contribution in [0.3, 0.4) is 0 Å². The lowest BCUT2D eigenvalue weighted by atomic mass is 10.1. The van der Waals surface area contributed by atoms with Crippen molar-refractivity contribution in [1.29, 1.82) is 0 Å². The molecule has 0 fully saturated rings. The van der Waals surface area contributed by atoms with Crippen molar-refractivity contribution in [1.82, 2.24) is 5.32 Å². The third kappa shape index (κ3) is 5.04. The molecular weight excluding hydrogens is 256 g/mol. The Hall–Kier alpha value is -0.730. The van der Waals surface area contributed by atoms with E-state index in [-0.39, 0.29) is 0 Å². The topological polar surface area (TPSA) is 15.3 Å². The molecule has 1 N–H and O–H groups in total. The van der Waals surface area contributed by atoms with Gasteiger partial charge in [0.05, 0.1) is 10.7 Å². The normalized spacial score (nSPS) is 10.7. The van der Waals surface area contributed by atoms with Crippen molar-refractivity contribution in [2.45, 2.75) is 46.6 Å². The van der Waals surface area contributed by atoms with Gasteiger partial charge in [-0.1, -0.05) is 44.0 Å². The summed E-state index contributed by atoms with van der Waals surface area (Å²) in [6.45, 7) is 10.6. The summed E-state index contributed by atoms with van der Waals surface area (Å²) >= 11 is 6.43. The Morgan fingerprint density at radius 1 is 1.16 bits per heavy atom. The van der Waals surface area contributed by atoms with Gasteiger partial charge in [-0.3, -0.25) is 0 Å². The summed E-state index contributed by atoms with van der Waals surface area (Å²) in [4.78, 5) is 2.40. The first kappa shape index (κ1) is 16.3. The van der Waals surface area contributed by atoms with Crippen LogP contribution in [-0.4, -0.2) is 19.6 Å². The van der Waals surface area contributed by atoms with E-state index in [1.165, 1.54) is 24.1 Å². The van der Waals surface area contributed by atoms with E-state index >= 15 is 0 Å². The monoisotopic (exact) mass is 282 g/mol. The number of nitrogens with zero attached hydrogens (tertiary/aromatic N) is 1. The van der Waals surface area contributed by atoms with Gasteiger partial charge in [-0.05, 0) is 37.9 Å². The summed E-state index contributed by atoms with van der Waals surface area (Å²) in [5.41, 5.74) is 2.52. The second-order valence-corrected chi connectivity index (χ2v) is 5.26. The van der Waals surface area contributed by atoms with E-state index in [1.807, 2.05) is 12.1 Å². The summed E-state index contributed by atoms with van der Waals surface area (Å²) in [6.07, 6.45) is 3.58. The zero-order valence-electron chi connectivity index (χ0n) is 12.5. The first-order chi connectivity index (χ1) is 9.24. The molecule has 0 spiro atoms. The highest BCUT2D eigenvalue weighted by molar-refractivity contribution is 6.33. The number of benzene rings is 1. The molecule has 0 unspecified atom stereocenters. The Labute approximate surface area is 123 Å². The number of hydrogen-bond donors (Lipinski definition) is 1. The fourth-order valence-electron chi connectivity index (χ4n) is 2.23. The number of unbranched alkanes of at least 4 members (excludes halogenated alkanes) is 1. The average molecular weight is 283 g/mol. The molecule has 19 heavy (non-hydrogen) atoms. The standard InChI is InChI=1S/C16H27ClN2/c1-4-7-12-19(6-3)16-14(13-18-11-5-2)9-8-10-15(16)17/h8-10,18H,4-7,11-13H2,1-3H3. The molecule has 0 aliphatic rings. The average Bonchev–Trinajstić information content (AvgIpc) is 2.42. The van der Waals surface area contributed by atoms with Crippen molar-refractivity contribution in [3.05, 3.63) is 28.8 Å². The van der Waals surface area contributed by atoms with Crippen LogP contribution in [0.25, 0.3) is 0 Å². The third-order valence-electron chi connectivity index (χ3n) is 3.29. The molecule has 0 radical (unpaired) electrons. The molecule has 3 heteroatoms. The molecule has 0 atom stereocenters. The molecule has 0 saturated carbocycles. The van der Waals surface area contributed by atoms with Crippen LogP contribution >= 0.6 is 11.6 Å². The highest BCUT2D eigenvalue weighted by atomic mass is 35.5. The molecule has 1 rings (SSSR count). The summed E-state index contributed by atoms with van der Waals surface area (Å²) in [5.74, 6) is 0. The zero-order chi connectivity index (χ0) is 14.1. The van der Waals surface area contributed by atoms with Gasteiger partial charge in [-0.2, -0.15) is 0 Å². The maximum absolute atomic E-state index is 6.43. The van der Waals surface area contributed by atoms with Crippen LogP contribution in [-0.2, 0) is 6.54 Å². The molecule has 2 nitrogen and oxygen atoms in total. The summed E-state index contributed by atoms with van der Waals surface area (Å²) in [6, 6.07) is 6.22. The van der Waals surface area contributed by atoms with Gasteiger partial charge in [0.1, 0.15) is 0 Å². The van der Waals surface area contributed by atoms with Crippen LogP contribution < -0.4 is 10.2 Å². The molecular formula is C16H27ClN2. The third-order valence-corrected chi connectivity index (χ3v) is 3.60. The van der Waals surface area contributed by atoms with E-state index < -0.39 is 0 Å². The Morgan fingerprint density at radius 3 is 2.58 bits per heavy atom. The van der Waals surface area contributed by atoms with Gasteiger partial charge in [0.15, 0.2) is 0 Å². The zero-order valence-corrected chi connectivity index (χ0v) is 13.3. The smallest absolute Gasteiger partial charge is 0.0642 e. The van der Waals surface area contributed by atoms with E-state index in [4.69, 9.17) is 11.6 Å². The van der Waals surface area contributed by atoms with E-state index in [9.17, 15) is 0 Å². The molecule has 0 amide bonds. The predicted octanol–water partition coefficient (Wildman–Crippen LogP) is 4.47. The Bertz CT molecular complexity index is 366. The van der Waals surface area contributed by atoms with E-state index in [0.717, 1.165) is 37.6 Å². The Kier molecular flexibility index (Phi) is 7.92. The minimum absolute atomic E-state index is 0.869. The van der Waals surface area contributed by atoms with Crippen LogP contribution in [0.5, 0.6) is 0 Å². The fourth-order valence-corrected chi connectivity index (χ4v) is 2.55. The van der Waals surface area contributed by atoms with Crippen molar-refractivity contribution in [2.75, 3.05) is 24.5 Å². The minimum atomic E-state index is 0.869. The van der Waals surface area contributed by atoms with Crippen molar-refractivity contribution >= 4 is 17.3 Å². The number of nitrogens with one attached hydrogen (secondary N) is 1. The van der Waals surface area contributed by atoms with Crippen molar-refractivity contribution < 1.29 is 0 Å². The number of hydrogen-bond acceptors (Lipinski definition) is 2. The van der Waals surface area contributed by atoms with Gasteiger partial charge < -0.3 is 10.2 Å². The summed E-state index contributed by atoms with van der Waals surface area (Å²) in [5, 5.41) is 4.34. The van der Waals surface area contributed by atoms with Gasteiger partial charge in [0.2, 0.25) is 0 Å². The number of halogens is 1. The molecule has 1 aromatic carbocycles. The number of anilines is 1. The quantitative estimate of drug-likeness (QED) is 0.673. The molecule has 0 bridgehead atoms. The molecule has 0 aliphatic heterocycles. The maximum atomic E-state index is 6.43. The van der Waals surface area contributed by atoms with Crippen molar-refractivity contribution in [3.8, 4) is 0 Å². The van der Waals surface area contributed by atoms with Crippen molar-refractivity contribution in [3.63, 3.8) is 0 Å². The largest absolute Gasteiger partial charge is 0.370 e. The number of para-hydroxylation sites is 1. The lowest BCUT2D eigenvalue weighted by molar-refractivity contribution is 0.669. The Morgan fingerprint density at radius 2 is 1.95 bits per heavy atom. The second-order valence-electron chi connectivity index (χ2n) is 4.86. The van der Waals surface area contributed by atoms with Crippen LogP contribution in [0, 0.1) is 0 Å². The molecule has 1 aromatic rings. The van der Waals surface area contributed by atoms with E-state index in [2.05, 4.69) is 37.1 Å². The van der Waals surface area contributed by atoms with Gasteiger partial charge in [-0.15, -0.1) is 0 Å². The van der Waals surface area contributed by atoms with Gasteiger partial charge in [0, 0.05) is 19.6 Å². The van der Waals surface area contributed by atoms with Crippen molar-refractivity contribution in [2.24, 2.45) is 0 Å². The highest BCUT2D eigenvalue weighted by Gasteiger charge is 2.13. The molecule has 0 aromatic heterocycles. The maximum Gasteiger partial charge on any atom is 0.0642 e. The van der Waals surface area contributed by atoms with Crippen LogP contribution in [0.2, 0.25) is 5.02 Å². The van der Waals surface area contributed by atoms with Crippen LogP contribution in [0.1, 0.15) is 45.6 Å². The summed E-state index contributed by atoms with van der Waals surface area (Å²) < 4.78 is 0. The highest BCUT2D eigenvalue weighted by Crippen LogP contribution is 2.30. The van der Waals surface area contributed by atoms with Crippen LogP contribution in [0.15, 0.2) is 18.2 Å². The predicted molar refractivity (Wildman–Crippen MR) is 86.2 cm³/mol. The van der Waals surface area contributed by atoms with Gasteiger partial charge >= 0.3 is 0 Å². The second kappa shape index (κ2) is 9.22. The lowest BCUT2D eigenvalue weighted by Crippen LogP contribution is -2.26. The first-order valence-corrected chi connectivity index (χ1v) is 7.85. The molecule has 108 valence electrons.